The largest absolute Gasteiger partial charge is 0.467 e. The molecular weight excluding hydrogens is 242 g/mol. The average molecular weight is 261 g/mol. The van der Waals surface area contributed by atoms with Crippen LogP contribution in [-0.4, -0.2) is 36.5 Å². The molecule has 0 radical (unpaired) electrons. The van der Waals surface area contributed by atoms with Crippen molar-refractivity contribution in [2.75, 3.05) is 13.7 Å². The van der Waals surface area contributed by atoms with Crippen molar-refractivity contribution in [3.63, 3.8) is 0 Å². The molecule has 19 heavy (non-hydrogen) atoms. The summed E-state index contributed by atoms with van der Waals surface area (Å²) in [5.74, 6) is -0.413. The first kappa shape index (κ1) is 13.6. The van der Waals surface area contributed by atoms with E-state index in [0.717, 1.165) is 18.4 Å². The van der Waals surface area contributed by atoms with Gasteiger partial charge in [0.2, 0.25) is 0 Å². The van der Waals surface area contributed by atoms with Crippen LogP contribution in [0.25, 0.3) is 0 Å². The van der Waals surface area contributed by atoms with Crippen molar-refractivity contribution in [1.29, 1.82) is 0 Å². The Kier molecular flexibility index (Phi) is 4.20. The maximum absolute atomic E-state index is 12.3. The van der Waals surface area contributed by atoms with E-state index >= 15 is 0 Å². The van der Waals surface area contributed by atoms with Gasteiger partial charge in [0.05, 0.1) is 7.11 Å². The molecule has 1 aliphatic rings. The van der Waals surface area contributed by atoms with E-state index in [4.69, 9.17) is 4.74 Å². The van der Waals surface area contributed by atoms with Gasteiger partial charge in [0.25, 0.3) is 5.91 Å². The molecule has 4 nitrogen and oxygen atoms in total. The zero-order valence-corrected chi connectivity index (χ0v) is 11.4. The fraction of sp³-hybridized carbons (Fsp3) is 0.467. The Hall–Kier alpha value is -1.84. The van der Waals surface area contributed by atoms with Crippen LogP contribution in [-0.2, 0) is 16.0 Å². The number of carbonyl (C=O) groups excluding carboxylic acids is 2. The molecule has 0 aromatic heterocycles. The second-order valence-electron chi connectivity index (χ2n) is 4.78. The molecule has 1 fully saturated rings. The van der Waals surface area contributed by atoms with E-state index in [0.29, 0.717) is 18.5 Å². The lowest BCUT2D eigenvalue weighted by molar-refractivity contribution is -0.149. The molecule has 0 bridgehead atoms. The van der Waals surface area contributed by atoms with Gasteiger partial charge in [-0.15, -0.1) is 0 Å². The standard InChI is InChI=1S/C15H19NO3/c1-3-5-11-6-4-7-12(10-11)14(17)16-9-8-13(16)15(18)19-2/h4,6-7,10,13H,3,5,8-9H2,1-2H3. The SMILES string of the molecule is CCCc1cccc(C(=O)N2CCC2C(=O)OC)c1. The van der Waals surface area contributed by atoms with E-state index in [1.54, 1.807) is 11.0 Å². The number of likely N-dealkylation sites (tertiary alicyclic amines) is 1. The summed E-state index contributed by atoms with van der Waals surface area (Å²) in [6, 6.07) is 7.22. The number of hydrogen-bond acceptors (Lipinski definition) is 3. The fourth-order valence-electron chi connectivity index (χ4n) is 2.33. The molecule has 1 aliphatic heterocycles. The number of ether oxygens (including phenoxy) is 1. The Morgan fingerprint density at radius 2 is 2.21 bits per heavy atom. The van der Waals surface area contributed by atoms with E-state index in [2.05, 4.69) is 6.92 Å². The van der Waals surface area contributed by atoms with Crippen LogP contribution in [0, 0.1) is 0 Å². The number of rotatable bonds is 4. The van der Waals surface area contributed by atoms with Gasteiger partial charge in [-0.25, -0.2) is 4.79 Å². The van der Waals surface area contributed by atoms with Crippen molar-refractivity contribution >= 4 is 11.9 Å². The van der Waals surface area contributed by atoms with Gasteiger partial charge in [0.1, 0.15) is 6.04 Å². The summed E-state index contributed by atoms with van der Waals surface area (Å²) >= 11 is 0. The van der Waals surface area contributed by atoms with Crippen molar-refractivity contribution in [2.24, 2.45) is 0 Å². The van der Waals surface area contributed by atoms with Crippen LogP contribution < -0.4 is 0 Å². The lowest BCUT2D eigenvalue weighted by Crippen LogP contribution is -2.55. The van der Waals surface area contributed by atoms with Gasteiger partial charge in [-0.1, -0.05) is 25.5 Å². The minimum absolute atomic E-state index is 0.0837. The highest BCUT2D eigenvalue weighted by Gasteiger charge is 2.38. The molecule has 0 saturated carbocycles. The quantitative estimate of drug-likeness (QED) is 0.779. The van der Waals surface area contributed by atoms with Crippen molar-refractivity contribution in [3.05, 3.63) is 35.4 Å². The number of carbonyl (C=O) groups is 2. The molecule has 0 N–H and O–H groups in total. The topological polar surface area (TPSA) is 46.6 Å². The van der Waals surface area contributed by atoms with E-state index in [9.17, 15) is 9.59 Å². The lowest BCUT2D eigenvalue weighted by Gasteiger charge is -2.38. The summed E-state index contributed by atoms with van der Waals surface area (Å²) in [4.78, 5) is 25.4. The first-order valence-electron chi connectivity index (χ1n) is 6.65. The van der Waals surface area contributed by atoms with Crippen LogP contribution in [0.1, 0.15) is 35.7 Å². The monoisotopic (exact) mass is 261 g/mol. The predicted octanol–water partition coefficient (Wildman–Crippen LogP) is 2.03. The molecule has 1 aromatic carbocycles. The molecule has 0 aliphatic carbocycles. The third-order valence-corrected chi connectivity index (χ3v) is 3.47. The minimum atomic E-state index is -0.410. The smallest absolute Gasteiger partial charge is 0.328 e. The third-order valence-electron chi connectivity index (χ3n) is 3.47. The fourth-order valence-corrected chi connectivity index (χ4v) is 2.33. The second-order valence-corrected chi connectivity index (χ2v) is 4.78. The molecular formula is C15H19NO3. The summed E-state index contributed by atoms with van der Waals surface area (Å²) in [5, 5.41) is 0. The van der Waals surface area contributed by atoms with Crippen molar-refractivity contribution < 1.29 is 14.3 Å². The summed E-state index contributed by atoms with van der Waals surface area (Å²) in [5.41, 5.74) is 1.81. The Labute approximate surface area is 113 Å². The molecule has 102 valence electrons. The number of hydrogen-bond donors (Lipinski definition) is 0. The van der Waals surface area contributed by atoms with Crippen molar-refractivity contribution in [3.8, 4) is 0 Å². The molecule has 4 heteroatoms. The van der Waals surface area contributed by atoms with Gasteiger partial charge in [0.15, 0.2) is 0 Å². The third kappa shape index (κ3) is 2.78. The summed E-state index contributed by atoms with van der Waals surface area (Å²) < 4.78 is 4.70. The van der Waals surface area contributed by atoms with Crippen molar-refractivity contribution in [2.45, 2.75) is 32.2 Å². The van der Waals surface area contributed by atoms with Gasteiger partial charge in [-0.3, -0.25) is 4.79 Å². The Balaban J connectivity index is 2.11. The molecule has 1 aromatic rings. The first-order chi connectivity index (χ1) is 9.17. The van der Waals surface area contributed by atoms with E-state index in [-0.39, 0.29) is 11.9 Å². The maximum atomic E-state index is 12.3. The average Bonchev–Trinajstić information content (AvgIpc) is 2.38. The Bertz CT molecular complexity index is 484. The Morgan fingerprint density at radius 1 is 1.42 bits per heavy atom. The van der Waals surface area contributed by atoms with Crippen LogP contribution in [0.4, 0.5) is 0 Å². The summed E-state index contributed by atoms with van der Waals surface area (Å²) in [6.07, 6.45) is 2.70. The molecule has 0 spiro atoms. The lowest BCUT2D eigenvalue weighted by atomic mass is 10.00. The number of esters is 1. The molecule has 1 atom stereocenters. The molecule has 2 rings (SSSR count). The summed E-state index contributed by atoms with van der Waals surface area (Å²) in [6.45, 7) is 2.73. The second kappa shape index (κ2) is 5.87. The number of nitrogens with zero attached hydrogens (tertiary/aromatic N) is 1. The van der Waals surface area contributed by atoms with Gasteiger partial charge >= 0.3 is 5.97 Å². The van der Waals surface area contributed by atoms with Gasteiger partial charge in [-0.05, 0) is 30.5 Å². The highest BCUT2D eigenvalue weighted by molar-refractivity contribution is 5.97. The number of aryl methyl sites for hydroxylation is 1. The number of methoxy groups -OCH3 is 1. The van der Waals surface area contributed by atoms with E-state index in [1.165, 1.54) is 7.11 Å². The first-order valence-corrected chi connectivity index (χ1v) is 6.65. The van der Waals surface area contributed by atoms with Gasteiger partial charge < -0.3 is 9.64 Å². The predicted molar refractivity (Wildman–Crippen MR) is 71.9 cm³/mol. The van der Waals surface area contributed by atoms with Gasteiger partial charge in [-0.2, -0.15) is 0 Å². The Morgan fingerprint density at radius 3 is 2.79 bits per heavy atom. The zero-order valence-electron chi connectivity index (χ0n) is 11.4. The van der Waals surface area contributed by atoms with Crippen molar-refractivity contribution in [1.82, 2.24) is 4.90 Å². The molecule has 1 unspecified atom stereocenters. The van der Waals surface area contributed by atoms with E-state index in [1.807, 2.05) is 18.2 Å². The highest BCUT2D eigenvalue weighted by Crippen LogP contribution is 2.22. The zero-order chi connectivity index (χ0) is 13.8. The van der Waals surface area contributed by atoms with Crippen LogP contribution >= 0.6 is 0 Å². The van der Waals surface area contributed by atoms with Gasteiger partial charge in [0, 0.05) is 12.1 Å². The van der Waals surface area contributed by atoms with E-state index < -0.39 is 6.04 Å². The molecule has 1 heterocycles. The van der Waals surface area contributed by atoms with Crippen LogP contribution in [0.5, 0.6) is 0 Å². The minimum Gasteiger partial charge on any atom is -0.467 e. The normalized spacial score (nSPS) is 17.8. The highest BCUT2D eigenvalue weighted by atomic mass is 16.5. The number of benzene rings is 1. The van der Waals surface area contributed by atoms with Crippen LogP contribution in [0.2, 0.25) is 0 Å². The summed E-state index contributed by atoms with van der Waals surface area (Å²) in [7, 11) is 1.35. The van der Waals surface area contributed by atoms with Crippen LogP contribution in [0.3, 0.4) is 0 Å². The number of amides is 1. The molecule has 1 amide bonds. The maximum Gasteiger partial charge on any atom is 0.328 e. The molecule has 1 saturated heterocycles. The van der Waals surface area contributed by atoms with Crippen LogP contribution in [0.15, 0.2) is 24.3 Å².